The highest BCUT2D eigenvalue weighted by Gasteiger charge is 2.17. The summed E-state index contributed by atoms with van der Waals surface area (Å²) in [6.45, 7) is 3.95. The monoisotopic (exact) mass is 280 g/mol. The summed E-state index contributed by atoms with van der Waals surface area (Å²) < 4.78 is 2.48. The second-order valence-corrected chi connectivity index (χ2v) is 5.45. The van der Waals surface area contributed by atoms with Crippen LogP contribution in [0.1, 0.15) is 25.6 Å². The Labute approximate surface area is 114 Å². The lowest BCUT2D eigenvalue weighted by atomic mass is 10.2. The predicted octanol–water partition coefficient (Wildman–Crippen LogP) is 0.872. The van der Waals surface area contributed by atoms with Crippen molar-refractivity contribution in [1.29, 1.82) is 0 Å². The summed E-state index contributed by atoms with van der Waals surface area (Å²) in [6.07, 6.45) is 1.86. The van der Waals surface area contributed by atoms with E-state index in [-0.39, 0.29) is 17.2 Å². The Hall–Kier alpha value is -1.63. The fourth-order valence-corrected chi connectivity index (χ4v) is 2.42. The quantitative estimate of drug-likeness (QED) is 0.603. The van der Waals surface area contributed by atoms with Crippen molar-refractivity contribution in [2.45, 2.75) is 24.8 Å². The summed E-state index contributed by atoms with van der Waals surface area (Å²) in [5.41, 5.74) is -0.327. The second kappa shape index (κ2) is 4.80. The molecule has 0 amide bonds. The summed E-state index contributed by atoms with van der Waals surface area (Å²) in [5.74, 6) is 0.773. The van der Waals surface area contributed by atoms with E-state index < -0.39 is 0 Å². The van der Waals surface area contributed by atoms with E-state index >= 15 is 0 Å². The topological polar surface area (TPSA) is 69.8 Å². The molecule has 0 saturated carbocycles. The van der Waals surface area contributed by atoms with Crippen LogP contribution >= 0.6 is 11.8 Å². The van der Waals surface area contributed by atoms with E-state index in [1.807, 2.05) is 20.1 Å². The average Bonchev–Trinajstić information content (AvgIpc) is 2.41. The van der Waals surface area contributed by atoms with Gasteiger partial charge in [-0.3, -0.25) is 13.9 Å². The van der Waals surface area contributed by atoms with Crippen LogP contribution in [0.4, 0.5) is 0 Å². The first-order valence-corrected chi connectivity index (χ1v) is 7.12. The van der Waals surface area contributed by atoms with Gasteiger partial charge < -0.3 is 0 Å². The normalized spacial score (nSPS) is 11.5. The maximum absolute atomic E-state index is 12.2. The number of hydrogen-bond donors (Lipinski definition) is 0. The molecule has 0 N–H and O–H groups in total. The van der Waals surface area contributed by atoms with Gasteiger partial charge in [0.2, 0.25) is 0 Å². The molecule has 0 aliphatic heterocycles. The van der Waals surface area contributed by atoms with Crippen molar-refractivity contribution in [2.24, 2.45) is 14.1 Å². The Morgan fingerprint density at radius 3 is 2.26 bits per heavy atom. The molecule has 2 aromatic heterocycles. The fourth-order valence-electron chi connectivity index (χ4n) is 1.85. The summed E-state index contributed by atoms with van der Waals surface area (Å²) in [4.78, 5) is 32.9. The Morgan fingerprint density at radius 1 is 1.11 bits per heavy atom. The molecule has 0 aliphatic carbocycles. The third kappa shape index (κ3) is 2.07. The molecule has 19 heavy (non-hydrogen) atoms. The molecule has 0 saturated heterocycles. The zero-order valence-corrected chi connectivity index (χ0v) is 12.4. The van der Waals surface area contributed by atoms with Crippen molar-refractivity contribution in [3.05, 3.63) is 26.7 Å². The van der Waals surface area contributed by atoms with E-state index in [0.717, 1.165) is 4.57 Å². The third-order valence-corrected chi connectivity index (χ3v) is 3.68. The predicted molar refractivity (Wildman–Crippen MR) is 75.9 cm³/mol. The van der Waals surface area contributed by atoms with Crippen LogP contribution < -0.4 is 11.2 Å². The standard InChI is InChI=1S/C12H16N4O2S/c1-6(2)8-13-9-7(10(14-8)19-5)11(17)16(4)12(18)15(9)3/h6H,1-5H3. The minimum absolute atomic E-state index is 0.134. The first kappa shape index (κ1) is 13.8. The van der Waals surface area contributed by atoms with E-state index in [4.69, 9.17) is 0 Å². The van der Waals surface area contributed by atoms with E-state index in [1.165, 1.54) is 23.4 Å². The molecule has 2 rings (SSSR count). The molecular formula is C12H16N4O2S. The lowest BCUT2D eigenvalue weighted by molar-refractivity contribution is 0.689. The number of aryl methyl sites for hydroxylation is 1. The van der Waals surface area contributed by atoms with Crippen molar-refractivity contribution in [3.63, 3.8) is 0 Å². The smallest absolute Gasteiger partial charge is 0.280 e. The van der Waals surface area contributed by atoms with E-state index in [2.05, 4.69) is 9.97 Å². The van der Waals surface area contributed by atoms with Gasteiger partial charge in [0.1, 0.15) is 16.2 Å². The lowest BCUT2D eigenvalue weighted by Gasteiger charge is -2.12. The minimum atomic E-state index is -0.377. The van der Waals surface area contributed by atoms with Crippen LogP contribution in [0.2, 0.25) is 0 Å². The Morgan fingerprint density at radius 2 is 1.74 bits per heavy atom. The molecule has 0 unspecified atom stereocenters. The SMILES string of the molecule is CSc1nc(C(C)C)nc2c1c(=O)n(C)c(=O)n2C. The minimum Gasteiger partial charge on any atom is -0.280 e. The largest absolute Gasteiger partial charge is 0.332 e. The Balaban J connectivity index is 3.07. The number of aromatic nitrogens is 4. The van der Waals surface area contributed by atoms with Crippen LogP contribution in [-0.4, -0.2) is 25.4 Å². The summed E-state index contributed by atoms with van der Waals surface area (Å²) in [6, 6.07) is 0. The van der Waals surface area contributed by atoms with Gasteiger partial charge in [-0.1, -0.05) is 13.8 Å². The van der Waals surface area contributed by atoms with Crippen molar-refractivity contribution < 1.29 is 0 Å². The van der Waals surface area contributed by atoms with E-state index in [9.17, 15) is 9.59 Å². The second-order valence-electron chi connectivity index (χ2n) is 4.65. The number of thioether (sulfide) groups is 1. The van der Waals surface area contributed by atoms with Crippen LogP contribution in [0.5, 0.6) is 0 Å². The van der Waals surface area contributed by atoms with Crippen LogP contribution in [0.25, 0.3) is 11.0 Å². The molecule has 6 nitrogen and oxygen atoms in total. The first-order valence-electron chi connectivity index (χ1n) is 5.90. The average molecular weight is 280 g/mol. The molecule has 0 spiro atoms. The number of fused-ring (bicyclic) bond motifs is 1. The molecule has 102 valence electrons. The van der Waals surface area contributed by atoms with Gasteiger partial charge in [0.15, 0.2) is 5.65 Å². The molecule has 0 fully saturated rings. The van der Waals surface area contributed by atoms with Crippen LogP contribution in [0, 0.1) is 0 Å². The molecule has 0 bridgehead atoms. The number of rotatable bonds is 2. The van der Waals surface area contributed by atoms with E-state index in [1.54, 1.807) is 7.05 Å². The van der Waals surface area contributed by atoms with Crippen LogP contribution in [0.3, 0.4) is 0 Å². The zero-order chi connectivity index (χ0) is 14.3. The van der Waals surface area contributed by atoms with Gasteiger partial charge in [0, 0.05) is 20.0 Å². The van der Waals surface area contributed by atoms with Crippen LogP contribution in [0.15, 0.2) is 14.6 Å². The first-order chi connectivity index (χ1) is 8.88. The highest BCUT2D eigenvalue weighted by Crippen LogP contribution is 2.22. The highest BCUT2D eigenvalue weighted by molar-refractivity contribution is 7.98. The summed E-state index contributed by atoms with van der Waals surface area (Å²) in [7, 11) is 3.08. The Bertz CT molecular complexity index is 761. The van der Waals surface area contributed by atoms with Gasteiger partial charge in [-0.05, 0) is 6.26 Å². The van der Waals surface area contributed by atoms with E-state index in [0.29, 0.717) is 21.9 Å². The molecule has 0 radical (unpaired) electrons. The number of nitrogens with zero attached hydrogens (tertiary/aromatic N) is 4. The van der Waals surface area contributed by atoms with Crippen molar-refractivity contribution in [2.75, 3.05) is 6.26 Å². The summed E-state index contributed by atoms with van der Waals surface area (Å²) >= 11 is 1.39. The van der Waals surface area contributed by atoms with Gasteiger partial charge >= 0.3 is 5.69 Å². The molecule has 0 aromatic carbocycles. The number of hydrogen-bond acceptors (Lipinski definition) is 5. The van der Waals surface area contributed by atoms with Crippen molar-refractivity contribution >= 4 is 22.8 Å². The fraction of sp³-hybridized carbons (Fsp3) is 0.500. The van der Waals surface area contributed by atoms with Gasteiger partial charge in [0.05, 0.1) is 0 Å². The molecule has 0 atom stereocenters. The van der Waals surface area contributed by atoms with Crippen molar-refractivity contribution in [1.82, 2.24) is 19.1 Å². The lowest BCUT2D eigenvalue weighted by Crippen LogP contribution is -2.37. The molecule has 7 heteroatoms. The molecular weight excluding hydrogens is 264 g/mol. The van der Waals surface area contributed by atoms with Crippen molar-refractivity contribution in [3.8, 4) is 0 Å². The van der Waals surface area contributed by atoms with Gasteiger partial charge in [-0.15, -0.1) is 11.8 Å². The van der Waals surface area contributed by atoms with Crippen LogP contribution in [-0.2, 0) is 14.1 Å². The highest BCUT2D eigenvalue weighted by atomic mass is 32.2. The van der Waals surface area contributed by atoms with Gasteiger partial charge in [-0.2, -0.15) is 0 Å². The maximum Gasteiger partial charge on any atom is 0.332 e. The van der Waals surface area contributed by atoms with Gasteiger partial charge in [0.25, 0.3) is 5.56 Å². The van der Waals surface area contributed by atoms with Gasteiger partial charge in [-0.25, -0.2) is 14.8 Å². The zero-order valence-electron chi connectivity index (χ0n) is 11.6. The third-order valence-electron chi connectivity index (χ3n) is 2.99. The maximum atomic E-state index is 12.2. The molecule has 0 aliphatic rings. The Kier molecular flexibility index (Phi) is 3.49. The molecule has 2 heterocycles. The molecule has 2 aromatic rings. The summed E-state index contributed by atoms with van der Waals surface area (Å²) in [5, 5.41) is 1.02.